The van der Waals surface area contributed by atoms with Crippen molar-refractivity contribution < 1.29 is 19.5 Å². The lowest BCUT2D eigenvalue weighted by Crippen LogP contribution is -2.42. The van der Waals surface area contributed by atoms with Crippen molar-refractivity contribution in [3.8, 4) is 0 Å². The van der Waals surface area contributed by atoms with E-state index in [-0.39, 0.29) is 24.2 Å². The van der Waals surface area contributed by atoms with Crippen molar-refractivity contribution in [2.24, 2.45) is 0 Å². The molecule has 0 spiro atoms. The average Bonchev–Trinajstić information content (AvgIpc) is 3.30. The molecule has 0 radical (unpaired) electrons. The van der Waals surface area contributed by atoms with Gasteiger partial charge in [-0.05, 0) is 25.7 Å². The minimum atomic E-state index is -1.16. The highest BCUT2D eigenvalue weighted by Gasteiger charge is 2.34. The van der Waals surface area contributed by atoms with Crippen molar-refractivity contribution in [1.29, 1.82) is 0 Å². The van der Waals surface area contributed by atoms with E-state index in [4.69, 9.17) is 5.11 Å². The van der Waals surface area contributed by atoms with Gasteiger partial charge in [0.15, 0.2) is 5.69 Å². The van der Waals surface area contributed by atoms with Crippen LogP contribution in [0, 0.1) is 0 Å². The van der Waals surface area contributed by atoms with Gasteiger partial charge in [-0.15, -0.1) is 5.10 Å². The van der Waals surface area contributed by atoms with Crippen LogP contribution in [0.4, 0.5) is 4.79 Å². The fourth-order valence-corrected chi connectivity index (χ4v) is 2.10. The molecule has 3 N–H and O–H groups in total. The molecule has 3 rings (SSSR count). The quantitative estimate of drug-likeness (QED) is 0.692. The summed E-state index contributed by atoms with van der Waals surface area (Å²) in [6, 6.07) is -0.376. The monoisotopic (exact) mass is 293 g/mol. The maximum atomic E-state index is 11.8. The van der Waals surface area contributed by atoms with E-state index in [9.17, 15) is 14.4 Å². The standard InChI is InChI=1S/C12H15N5O4/c18-8(14-12(21)13-7-3-4-7)5-17-10(6-1-2-6)9(11(19)20)15-16-17/h6-7H,1-5H2,(H,19,20)(H2,13,14,18,21). The molecular weight excluding hydrogens is 278 g/mol. The molecule has 1 aromatic heterocycles. The largest absolute Gasteiger partial charge is 0.476 e. The number of imide groups is 1. The molecule has 2 aliphatic carbocycles. The van der Waals surface area contributed by atoms with Crippen LogP contribution in [-0.4, -0.2) is 44.0 Å². The maximum absolute atomic E-state index is 11.8. The zero-order valence-corrected chi connectivity index (χ0v) is 11.2. The van der Waals surface area contributed by atoms with Gasteiger partial charge in [-0.25, -0.2) is 14.3 Å². The molecule has 0 unspecified atom stereocenters. The minimum Gasteiger partial charge on any atom is -0.476 e. The van der Waals surface area contributed by atoms with Crippen LogP contribution in [0.15, 0.2) is 0 Å². The zero-order valence-electron chi connectivity index (χ0n) is 11.2. The Morgan fingerprint density at radius 1 is 1.24 bits per heavy atom. The van der Waals surface area contributed by atoms with Gasteiger partial charge in [0.25, 0.3) is 0 Å². The van der Waals surface area contributed by atoms with Gasteiger partial charge < -0.3 is 10.4 Å². The summed E-state index contributed by atoms with van der Waals surface area (Å²) in [5.74, 6) is -1.62. The number of hydrogen-bond donors (Lipinski definition) is 3. The Kier molecular flexibility index (Phi) is 3.32. The van der Waals surface area contributed by atoms with Gasteiger partial charge in [-0.2, -0.15) is 0 Å². The van der Waals surface area contributed by atoms with Gasteiger partial charge in [0.1, 0.15) is 6.54 Å². The highest BCUT2D eigenvalue weighted by molar-refractivity contribution is 5.94. The van der Waals surface area contributed by atoms with E-state index < -0.39 is 17.9 Å². The summed E-state index contributed by atoms with van der Waals surface area (Å²) in [5.41, 5.74) is 0.341. The number of carbonyl (C=O) groups excluding carboxylic acids is 2. The van der Waals surface area contributed by atoms with Crippen LogP contribution in [0.3, 0.4) is 0 Å². The molecular formula is C12H15N5O4. The third-order valence-electron chi connectivity index (χ3n) is 3.40. The third kappa shape index (κ3) is 3.18. The van der Waals surface area contributed by atoms with Gasteiger partial charge >= 0.3 is 12.0 Å². The second-order valence-electron chi connectivity index (χ2n) is 5.36. The van der Waals surface area contributed by atoms with Gasteiger partial charge in [-0.1, -0.05) is 5.21 Å². The number of hydrogen-bond acceptors (Lipinski definition) is 5. The van der Waals surface area contributed by atoms with E-state index in [1.54, 1.807) is 0 Å². The Morgan fingerprint density at radius 3 is 2.52 bits per heavy atom. The zero-order chi connectivity index (χ0) is 15.0. The van der Waals surface area contributed by atoms with Crippen LogP contribution in [0.25, 0.3) is 0 Å². The molecule has 0 bridgehead atoms. The van der Waals surface area contributed by atoms with Crippen molar-refractivity contribution >= 4 is 17.9 Å². The van der Waals surface area contributed by atoms with Crippen molar-refractivity contribution in [2.45, 2.75) is 44.2 Å². The number of carbonyl (C=O) groups is 3. The van der Waals surface area contributed by atoms with Crippen LogP contribution in [0.2, 0.25) is 0 Å². The van der Waals surface area contributed by atoms with Crippen molar-refractivity contribution in [2.75, 3.05) is 0 Å². The van der Waals surface area contributed by atoms with Crippen molar-refractivity contribution in [3.05, 3.63) is 11.4 Å². The molecule has 9 heteroatoms. The van der Waals surface area contributed by atoms with Crippen LogP contribution in [0.1, 0.15) is 47.8 Å². The molecule has 1 heterocycles. The second kappa shape index (κ2) is 5.15. The summed E-state index contributed by atoms with van der Waals surface area (Å²) in [7, 11) is 0. The number of urea groups is 1. The highest BCUT2D eigenvalue weighted by atomic mass is 16.4. The Bertz CT molecular complexity index is 603. The summed E-state index contributed by atoms with van der Waals surface area (Å²) in [5, 5.41) is 21.2. The smallest absolute Gasteiger partial charge is 0.358 e. The molecule has 112 valence electrons. The molecule has 2 aliphatic rings. The molecule has 0 aromatic carbocycles. The molecule has 2 saturated carbocycles. The second-order valence-corrected chi connectivity index (χ2v) is 5.36. The molecule has 0 atom stereocenters. The van der Waals surface area contributed by atoms with Gasteiger partial charge in [0, 0.05) is 12.0 Å². The highest BCUT2D eigenvalue weighted by Crippen LogP contribution is 2.41. The Morgan fingerprint density at radius 2 is 1.95 bits per heavy atom. The normalized spacial score (nSPS) is 17.3. The number of aromatic carboxylic acids is 1. The van der Waals surface area contributed by atoms with E-state index in [0.717, 1.165) is 25.7 Å². The van der Waals surface area contributed by atoms with Gasteiger partial charge in [-0.3, -0.25) is 10.1 Å². The number of aromatic nitrogens is 3. The first kappa shape index (κ1) is 13.5. The van der Waals surface area contributed by atoms with E-state index in [1.165, 1.54) is 4.68 Å². The number of amides is 3. The fraction of sp³-hybridized carbons (Fsp3) is 0.583. The van der Waals surface area contributed by atoms with Crippen LogP contribution >= 0.6 is 0 Å². The number of nitrogens with zero attached hydrogens (tertiary/aromatic N) is 3. The van der Waals surface area contributed by atoms with E-state index >= 15 is 0 Å². The lowest BCUT2D eigenvalue weighted by atomic mass is 10.2. The topological polar surface area (TPSA) is 126 Å². The SMILES string of the molecule is O=C(Cn1nnc(C(=O)O)c1C1CC1)NC(=O)NC1CC1. The molecule has 0 saturated heterocycles. The fourth-order valence-electron chi connectivity index (χ4n) is 2.10. The summed E-state index contributed by atoms with van der Waals surface area (Å²) < 4.78 is 1.26. The Labute approximate surface area is 119 Å². The first-order valence-corrected chi connectivity index (χ1v) is 6.81. The van der Waals surface area contributed by atoms with Crippen LogP contribution in [-0.2, 0) is 11.3 Å². The van der Waals surface area contributed by atoms with E-state index in [0.29, 0.717) is 5.69 Å². The van der Waals surface area contributed by atoms with Crippen molar-refractivity contribution in [1.82, 2.24) is 25.6 Å². The number of carboxylic acids is 1. The lowest BCUT2D eigenvalue weighted by molar-refractivity contribution is -0.120. The summed E-state index contributed by atoms with van der Waals surface area (Å²) in [6.07, 6.45) is 3.58. The summed E-state index contributed by atoms with van der Waals surface area (Å²) >= 11 is 0. The van der Waals surface area contributed by atoms with Crippen LogP contribution < -0.4 is 10.6 Å². The average molecular weight is 293 g/mol. The van der Waals surface area contributed by atoms with E-state index in [2.05, 4.69) is 20.9 Å². The minimum absolute atomic E-state index is 0.0826. The predicted molar refractivity (Wildman–Crippen MR) is 68.7 cm³/mol. The van der Waals surface area contributed by atoms with Crippen LogP contribution in [0.5, 0.6) is 0 Å². The third-order valence-corrected chi connectivity index (χ3v) is 3.40. The number of rotatable bonds is 5. The molecule has 3 amide bonds. The summed E-state index contributed by atoms with van der Waals surface area (Å²) in [4.78, 5) is 34.3. The molecule has 2 fully saturated rings. The van der Waals surface area contributed by atoms with E-state index in [1.807, 2.05) is 0 Å². The lowest BCUT2D eigenvalue weighted by Gasteiger charge is -2.07. The predicted octanol–water partition coefficient (Wildman–Crippen LogP) is -0.158. The van der Waals surface area contributed by atoms with Gasteiger partial charge in [0.2, 0.25) is 5.91 Å². The Balaban J connectivity index is 1.65. The summed E-state index contributed by atoms with van der Waals surface area (Å²) in [6.45, 7) is -0.218. The Hall–Kier alpha value is -2.45. The molecule has 9 nitrogen and oxygen atoms in total. The number of carboxylic acid groups (broad SMARTS) is 1. The number of nitrogens with one attached hydrogen (secondary N) is 2. The van der Waals surface area contributed by atoms with Crippen molar-refractivity contribution in [3.63, 3.8) is 0 Å². The van der Waals surface area contributed by atoms with Gasteiger partial charge in [0.05, 0.1) is 5.69 Å². The molecule has 0 aliphatic heterocycles. The first-order valence-electron chi connectivity index (χ1n) is 6.81. The first-order chi connectivity index (χ1) is 10.0. The molecule has 21 heavy (non-hydrogen) atoms. The molecule has 1 aromatic rings. The maximum Gasteiger partial charge on any atom is 0.358 e.